The van der Waals surface area contributed by atoms with E-state index in [1.54, 1.807) is 0 Å². The van der Waals surface area contributed by atoms with Gasteiger partial charge < -0.3 is 15.7 Å². The molecule has 54 valence electrons. The van der Waals surface area contributed by atoms with E-state index in [1.807, 2.05) is 0 Å². The molecule has 3 N–H and O–H groups in total. The molecule has 0 aliphatic rings. The van der Waals surface area contributed by atoms with Gasteiger partial charge in [0.25, 0.3) is 0 Å². The molecule has 0 aromatic heterocycles. The Morgan fingerprint density at radius 2 is 0.875 bits per heavy atom. The highest BCUT2D eigenvalue weighted by molar-refractivity contribution is 3.87. The van der Waals surface area contributed by atoms with Crippen LogP contribution in [0.1, 0.15) is 0 Å². The number of rotatable bonds is 0. The second-order valence-corrected chi connectivity index (χ2v) is 2.68. The molecule has 0 aromatic carbocycles. The quantitative estimate of drug-likeness (QED) is 0.449. The average molecular weight is 122 g/mol. The van der Waals surface area contributed by atoms with Gasteiger partial charge in [-0.2, -0.15) is 0 Å². The Hall–Kier alpha value is -0.120. The van der Waals surface area contributed by atoms with Gasteiger partial charge in [-0.15, -0.1) is 0 Å². The molecule has 0 rings (SSSR count). The van der Waals surface area contributed by atoms with E-state index in [1.165, 1.54) is 7.05 Å². The number of hydrogen-bond donors (Lipinski definition) is 1. The van der Waals surface area contributed by atoms with Gasteiger partial charge in [0.1, 0.15) is 0 Å². The maximum Gasteiger partial charge on any atom is 0.0675 e. The second-order valence-electron chi connectivity index (χ2n) is 2.68. The maximum atomic E-state index is 4.50. The molecule has 8 heavy (non-hydrogen) atoms. The molecule has 0 radical (unpaired) electrons. The first-order valence-corrected chi connectivity index (χ1v) is 2.37. The van der Waals surface area contributed by atoms with Gasteiger partial charge >= 0.3 is 0 Å². The lowest BCUT2D eigenvalue weighted by Crippen LogP contribution is -2.27. The van der Waals surface area contributed by atoms with Crippen molar-refractivity contribution < 1.29 is 9.96 Å². The summed E-state index contributed by atoms with van der Waals surface area (Å²) in [7, 11) is 10.0. The minimum absolute atomic E-state index is 0. The monoisotopic (exact) mass is 122 g/mol. The highest BCUT2D eigenvalue weighted by Gasteiger charge is 1.88. The van der Waals surface area contributed by atoms with E-state index in [0.717, 1.165) is 4.48 Å². The summed E-state index contributed by atoms with van der Waals surface area (Å²) in [5.74, 6) is 0. The largest absolute Gasteiger partial charge is 0.870 e. The van der Waals surface area contributed by atoms with Crippen LogP contribution in [-0.4, -0.2) is 45.2 Å². The first-order chi connectivity index (χ1) is 3.00. The highest BCUT2D eigenvalue weighted by Crippen LogP contribution is 1.73. The summed E-state index contributed by atoms with van der Waals surface area (Å²) in [5, 5.41) is 0. The van der Waals surface area contributed by atoms with Gasteiger partial charge in [-0.05, 0) is 7.05 Å². The average Bonchev–Trinajstić information content (AvgIpc) is 1.36. The molecular weight excluding hydrogens is 104 g/mol. The fourth-order valence-corrected chi connectivity index (χ4v) is 0. The normalized spacial score (nSPS) is 8.25. The lowest BCUT2D eigenvalue weighted by molar-refractivity contribution is -0.849. The molecule has 0 amide bonds. The molecule has 3 heteroatoms. The molecule has 0 heterocycles. The molecule has 0 saturated heterocycles. The van der Waals surface area contributed by atoms with Crippen LogP contribution in [0.2, 0.25) is 0 Å². The second kappa shape index (κ2) is 6.88. The molecule has 0 aliphatic carbocycles. The number of nitrogens with two attached hydrogens (primary N) is 1. The predicted molar refractivity (Wildman–Crippen MR) is 36.0 cm³/mol. The zero-order chi connectivity index (χ0) is 6.50. The van der Waals surface area contributed by atoms with Crippen molar-refractivity contribution in [2.24, 2.45) is 5.73 Å². The molecule has 0 aliphatic heterocycles. The zero-order valence-electron chi connectivity index (χ0n) is 6.47. The van der Waals surface area contributed by atoms with E-state index in [2.05, 4.69) is 33.9 Å². The molecule has 0 fully saturated rings. The summed E-state index contributed by atoms with van der Waals surface area (Å²) in [4.78, 5) is 0. The lowest BCUT2D eigenvalue weighted by Gasteiger charge is -2.14. The molecule has 0 atom stereocenters. The van der Waals surface area contributed by atoms with Crippen LogP contribution >= 0.6 is 0 Å². The van der Waals surface area contributed by atoms with Crippen LogP contribution in [0.25, 0.3) is 0 Å². The third-order valence-corrected chi connectivity index (χ3v) is 0. The lowest BCUT2D eigenvalue weighted by atomic mass is 10.8. The first-order valence-electron chi connectivity index (χ1n) is 2.37. The fraction of sp³-hybridized carbons (Fsp3) is 1.00. The molecule has 0 bridgehead atoms. The highest BCUT2D eigenvalue weighted by atomic mass is 16.0. The van der Waals surface area contributed by atoms with Crippen molar-refractivity contribution in [3.63, 3.8) is 0 Å². The Kier molecular flexibility index (Phi) is 13.5. The van der Waals surface area contributed by atoms with E-state index in [-0.39, 0.29) is 5.48 Å². The van der Waals surface area contributed by atoms with Crippen LogP contribution < -0.4 is 5.73 Å². The van der Waals surface area contributed by atoms with Crippen molar-refractivity contribution in [2.45, 2.75) is 0 Å². The molecule has 0 spiro atoms. The van der Waals surface area contributed by atoms with Crippen LogP contribution in [0.15, 0.2) is 0 Å². The van der Waals surface area contributed by atoms with Crippen LogP contribution in [-0.2, 0) is 0 Å². The van der Waals surface area contributed by atoms with Gasteiger partial charge in [0, 0.05) is 0 Å². The van der Waals surface area contributed by atoms with Crippen molar-refractivity contribution >= 4 is 0 Å². The standard InChI is InChI=1S/C4H12N.CH5N.H2O/c1-5(2,3)4;1-2;/h1-4H3;2H2,1H3;1H2/q+1;;/p-1. The Labute approximate surface area is 52.0 Å². The van der Waals surface area contributed by atoms with Gasteiger partial charge in [0.2, 0.25) is 0 Å². The number of hydrogen-bond acceptors (Lipinski definition) is 2. The van der Waals surface area contributed by atoms with Crippen LogP contribution in [0.3, 0.4) is 0 Å². The van der Waals surface area contributed by atoms with Crippen molar-refractivity contribution in [3.05, 3.63) is 0 Å². The van der Waals surface area contributed by atoms with E-state index in [9.17, 15) is 0 Å². The third-order valence-electron chi connectivity index (χ3n) is 0. The summed E-state index contributed by atoms with van der Waals surface area (Å²) < 4.78 is 1.00. The zero-order valence-corrected chi connectivity index (χ0v) is 6.47. The SMILES string of the molecule is CN.C[N+](C)(C)C.[OH-]. The molecular formula is C5H18N2O. The first kappa shape index (κ1) is 15.7. The van der Waals surface area contributed by atoms with Crippen molar-refractivity contribution in [3.8, 4) is 0 Å². The van der Waals surface area contributed by atoms with Crippen LogP contribution in [0.5, 0.6) is 0 Å². The van der Waals surface area contributed by atoms with Gasteiger partial charge in [0.05, 0.1) is 28.2 Å². The molecule has 0 aromatic rings. The van der Waals surface area contributed by atoms with Gasteiger partial charge in [-0.25, -0.2) is 0 Å². The number of quaternary nitrogens is 1. The van der Waals surface area contributed by atoms with Crippen LogP contribution in [0, 0.1) is 0 Å². The molecule has 3 nitrogen and oxygen atoms in total. The Balaban J connectivity index is -0.0000000750. The van der Waals surface area contributed by atoms with E-state index in [0.29, 0.717) is 0 Å². The third kappa shape index (κ3) is 9720. The maximum absolute atomic E-state index is 4.50. The van der Waals surface area contributed by atoms with Crippen molar-refractivity contribution in [1.29, 1.82) is 0 Å². The Morgan fingerprint density at radius 1 is 0.875 bits per heavy atom. The summed E-state index contributed by atoms with van der Waals surface area (Å²) in [6.07, 6.45) is 0. The van der Waals surface area contributed by atoms with Crippen LogP contribution in [0.4, 0.5) is 0 Å². The van der Waals surface area contributed by atoms with E-state index < -0.39 is 0 Å². The minimum Gasteiger partial charge on any atom is -0.870 e. The van der Waals surface area contributed by atoms with E-state index >= 15 is 0 Å². The summed E-state index contributed by atoms with van der Waals surface area (Å²) in [6, 6.07) is 0. The number of nitrogens with zero attached hydrogens (tertiary/aromatic N) is 1. The van der Waals surface area contributed by atoms with Gasteiger partial charge in [0.15, 0.2) is 0 Å². The van der Waals surface area contributed by atoms with Crippen molar-refractivity contribution in [1.82, 2.24) is 0 Å². The summed E-state index contributed by atoms with van der Waals surface area (Å²) >= 11 is 0. The summed E-state index contributed by atoms with van der Waals surface area (Å²) in [6.45, 7) is 0. The fourth-order valence-electron chi connectivity index (χ4n) is 0. The van der Waals surface area contributed by atoms with Gasteiger partial charge in [-0.1, -0.05) is 0 Å². The predicted octanol–water partition coefficient (Wildman–Crippen LogP) is -0.279. The van der Waals surface area contributed by atoms with E-state index in [4.69, 9.17) is 0 Å². The molecule has 0 saturated carbocycles. The Bertz CT molecular complexity index is 25.9. The smallest absolute Gasteiger partial charge is 0.0675 e. The van der Waals surface area contributed by atoms with Crippen molar-refractivity contribution in [2.75, 3.05) is 35.2 Å². The topological polar surface area (TPSA) is 56.0 Å². The Morgan fingerprint density at radius 3 is 0.875 bits per heavy atom. The minimum atomic E-state index is 0. The van der Waals surface area contributed by atoms with Gasteiger partial charge in [-0.3, -0.25) is 0 Å². The summed E-state index contributed by atoms with van der Waals surface area (Å²) in [5.41, 5.74) is 4.50. The molecule has 0 unspecified atom stereocenters.